The molecule has 6 nitrogen and oxygen atoms in total. The number of methoxy groups -OCH3 is 2. The van der Waals surface area contributed by atoms with Gasteiger partial charge in [0, 0.05) is 18.7 Å². The van der Waals surface area contributed by atoms with Crippen LogP contribution in [0, 0.1) is 5.82 Å². The molecule has 2 aromatic rings. The Balaban J connectivity index is 1.63. The molecule has 1 heterocycles. The molecule has 0 aromatic heterocycles. The van der Waals surface area contributed by atoms with Crippen LogP contribution in [0.5, 0.6) is 11.5 Å². The number of carbonyl (C=O) groups is 2. The molecule has 30 heavy (non-hydrogen) atoms. The lowest BCUT2D eigenvalue weighted by atomic mass is 10.2. The van der Waals surface area contributed by atoms with Crippen LogP contribution in [-0.4, -0.2) is 41.8 Å². The number of carbonyl (C=O) groups excluding carboxylic acids is 2. The molecule has 0 atom stereocenters. The van der Waals surface area contributed by atoms with E-state index in [0.717, 1.165) is 5.56 Å². The summed E-state index contributed by atoms with van der Waals surface area (Å²) in [5.74, 6) is 0.217. The maximum atomic E-state index is 12.9. The molecule has 0 unspecified atom stereocenters. The minimum atomic E-state index is -0.383. The third kappa shape index (κ3) is 5.17. The van der Waals surface area contributed by atoms with Gasteiger partial charge in [-0.25, -0.2) is 4.39 Å². The predicted octanol–water partition coefficient (Wildman–Crippen LogP) is 4.07. The van der Waals surface area contributed by atoms with Crippen LogP contribution in [-0.2, 0) is 9.59 Å². The Kier molecular flexibility index (Phi) is 7.07. The van der Waals surface area contributed by atoms with Gasteiger partial charge in [-0.2, -0.15) is 0 Å². The van der Waals surface area contributed by atoms with Crippen LogP contribution in [0.1, 0.15) is 12.0 Å². The van der Waals surface area contributed by atoms with Gasteiger partial charge in [-0.3, -0.25) is 14.5 Å². The van der Waals surface area contributed by atoms with E-state index < -0.39 is 0 Å². The number of amides is 2. The molecule has 1 aliphatic rings. The average Bonchev–Trinajstić information content (AvgIpc) is 3.00. The fourth-order valence-corrected chi connectivity index (χ4v) is 4.07. The van der Waals surface area contributed by atoms with Gasteiger partial charge in [0.25, 0.3) is 5.91 Å². The molecule has 0 saturated carbocycles. The fraction of sp³-hybridized carbons (Fsp3) is 0.190. The van der Waals surface area contributed by atoms with Crippen LogP contribution < -0.4 is 14.8 Å². The second-order valence-electron chi connectivity index (χ2n) is 6.25. The second kappa shape index (κ2) is 9.73. The Bertz CT molecular complexity index is 1010. The summed E-state index contributed by atoms with van der Waals surface area (Å²) in [6.07, 6.45) is 1.79. The van der Waals surface area contributed by atoms with E-state index in [2.05, 4.69) is 5.32 Å². The first-order valence-electron chi connectivity index (χ1n) is 8.94. The predicted molar refractivity (Wildman–Crippen MR) is 119 cm³/mol. The number of hydrogen-bond acceptors (Lipinski definition) is 6. The lowest BCUT2D eigenvalue weighted by Gasteiger charge is -2.14. The fourth-order valence-electron chi connectivity index (χ4n) is 2.76. The van der Waals surface area contributed by atoms with Crippen molar-refractivity contribution in [2.24, 2.45) is 0 Å². The Morgan fingerprint density at radius 3 is 2.53 bits per heavy atom. The topological polar surface area (TPSA) is 67.9 Å². The van der Waals surface area contributed by atoms with Gasteiger partial charge < -0.3 is 14.8 Å². The average molecular weight is 447 g/mol. The molecule has 1 saturated heterocycles. The minimum Gasteiger partial charge on any atom is -0.493 e. The van der Waals surface area contributed by atoms with Gasteiger partial charge in [0.1, 0.15) is 10.1 Å². The Morgan fingerprint density at radius 1 is 1.17 bits per heavy atom. The van der Waals surface area contributed by atoms with Crippen molar-refractivity contribution in [1.29, 1.82) is 0 Å². The van der Waals surface area contributed by atoms with Crippen LogP contribution in [0.4, 0.5) is 10.1 Å². The third-order valence-electron chi connectivity index (χ3n) is 4.27. The number of nitrogens with zero attached hydrogens (tertiary/aromatic N) is 1. The maximum absolute atomic E-state index is 12.9. The number of thiocarbonyl (C=S) groups is 1. The molecule has 1 N–H and O–H groups in total. The van der Waals surface area contributed by atoms with E-state index in [1.165, 1.54) is 48.0 Å². The highest BCUT2D eigenvalue weighted by Gasteiger charge is 2.32. The van der Waals surface area contributed by atoms with E-state index >= 15 is 0 Å². The number of halogens is 1. The van der Waals surface area contributed by atoms with Crippen molar-refractivity contribution >= 4 is 51.9 Å². The highest BCUT2D eigenvalue weighted by Crippen LogP contribution is 2.34. The van der Waals surface area contributed by atoms with E-state index in [1.807, 2.05) is 6.07 Å². The molecule has 2 amide bonds. The van der Waals surface area contributed by atoms with Gasteiger partial charge >= 0.3 is 0 Å². The van der Waals surface area contributed by atoms with Crippen LogP contribution in [0.3, 0.4) is 0 Å². The zero-order chi connectivity index (χ0) is 21.7. The zero-order valence-electron chi connectivity index (χ0n) is 16.3. The first kappa shape index (κ1) is 21.8. The molecular weight excluding hydrogens is 427 g/mol. The van der Waals surface area contributed by atoms with Crippen molar-refractivity contribution in [3.05, 3.63) is 58.8 Å². The summed E-state index contributed by atoms with van der Waals surface area (Å²) in [7, 11) is 3.09. The van der Waals surface area contributed by atoms with E-state index in [4.69, 9.17) is 21.7 Å². The van der Waals surface area contributed by atoms with Gasteiger partial charge in [0.2, 0.25) is 5.91 Å². The Labute approximate surface area is 183 Å². The normalized spacial score (nSPS) is 14.9. The van der Waals surface area contributed by atoms with Gasteiger partial charge in [0.05, 0.1) is 19.1 Å². The summed E-state index contributed by atoms with van der Waals surface area (Å²) in [6, 6.07) is 10.8. The van der Waals surface area contributed by atoms with Gasteiger partial charge in [-0.05, 0) is 48.0 Å². The molecule has 0 spiro atoms. The number of anilines is 1. The summed E-state index contributed by atoms with van der Waals surface area (Å²) in [4.78, 5) is 26.7. The Hall–Kier alpha value is -2.91. The summed E-state index contributed by atoms with van der Waals surface area (Å²) in [5, 5.41) is 2.66. The van der Waals surface area contributed by atoms with E-state index in [1.54, 1.807) is 25.3 Å². The smallest absolute Gasteiger partial charge is 0.266 e. The number of nitrogens with one attached hydrogen (secondary N) is 1. The molecule has 0 bridgehead atoms. The van der Waals surface area contributed by atoms with Gasteiger partial charge in [-0.1, -0.05) is 30.0 Å². The molecule has 1 aliphatic heterocycles. The number of ether oxygens (including phenoxy) is 2. The van der Waals surface area contributed by atoms with Gasteiger partial charge in [0.15, 0.2) is 11.5 Å². The lowest BCUT2D eigenvalue weighted by molar-refractivity contribution is -0.122. The SMILES string of the molecule is COc1ccc(C=C2SC(=S)N(CCC(=O)Nc3ccc(F)cc3)C2=O)cc1OC. The van der Waals surface area contributed by atoms with Gasteiger partial charge in [-0.15, -0.1) is 0 Å². The first-order chi connectivity index (χ1) is 14.4. The number of rotatable bonds is 7. The van der Waals surface area contributed by atoms with E-state index in [9.17, 15) is 14.0 Å². The van der Waals surface area contributed by atoms with Crippen LogP contribution in [0.25, 0.3) is 6.08 Å². The van der Waals surface area contributed by atoms with Crippen molar-refractivity contribution in [1.82, 2.24) is 4.90 Å². The summed E-state index contributed by atoms with van der Waals surface area (Å²) in [5.41, 5.74) is 1.25. The molecular formula is C21H19FN2O4S2. The summed E-state index contributed by atoms with van der Waals surface area (Å²) >= 11 is 6.48. The van der Waals surface area contributed by atoms with Crippen molar-refractivity contribution in [3.8, 4) is 11.5 Å². The third-order valence-corrected chi connectivity index (χ3v) is 5.65. The number of hydrogen-bond donors (Lipinski definition) is 1. The largest absolute Gasteiger partial charge is 0.493 e. The van der Waals surface area contributed by atoms with Crippen LogP contribution in [0.2, 0.25) is 0 Å². The molecule has 3 rings (SSSR count). The molecule has 1 fully saturated rings. The van der Waals surface area contributed by atoms with Crippen molar-refractivity contribution in [2.45, 2.75) is 6.42 Å². The highest BCUT2D eigenvalue weighted by molar-refractivity contribution is 8.26. The Morgan fingerprint density at radius 2 is 1.87 bits per heavy atom. The lowest BCUT2D eigenvalue weighted by Crippen LogP contribution is -2.31. The van der Waals surface area contributed by atoms with Crippen molar-refractivity contribution < 1.29 is 23.5 Å². The molecule has 9 heteroatoms. The standard InChI is InChI=1S/C21H19FN2O4S2/c1-27-16-8-3-13(11-17(16)28-2)12-18-20(26)24(21(29)30-18)10-9-19(25)23-15-6-4-14(22)5-7-15/h3-8,11-12H,9-10H2,1-2H3,(H,23,25). The second-order valence-corrected chi connectivity index (χ2v) is 7.93. The van der Waals surface area contributed by atoms with Crippen LogP contribution >= 0.6 is 24.0 Å². The van der Waals surface area contributed by atoms with E-state index in [-0.39, 0.29) is 30.6 Å². The van der Waals surface area contributed by atoms with Crippen molar-refractivity contribution in [3.63, 3.8) is 0 Å². The first-order valence-corrected chi connectivity index (χ1v) is 10.2. The summed E-state index contributed by atoms with van der Waals surface area (Å²) < 4.78 is 23.8. The van der Waals surface area contributed by atoms with Crippen molar-refractivity contribution in [2.75, 3.05) is 26.1 Å². The quantitative estimate of drug-likeness (QED) is 0.511. The van der Waals surface area contributed by atoms with Crippen LogP contribution in [0.15, 0.2) is 47.4 Å². The molecule has 2 aromatic carbocycles. The molecule has 0 radical (unpaired) electrons. The maximum Gasteiger partial charge on any atom is 0.266 e. The summed E-state index contributed by atoms with van der Waals surface area (Å²) in [6.45, 7) is 0.154. The molecule has 0 aliphatic carbocycles. The zero-order valence-corrected chi connectivity index (χ0v) is 17.9. The van der Waals surface area contributed by atoms with E-state index in [0.29, 0.717) is 26.4 Å². The number of benzene rings is 2. The monoisotopic (exact) mass is 446 g/mol. The molecule has 156 valence electrons. The number of thioether (sulfide) groups is 1. The highest BCUT2D eigenvalue weighted by atomic mass is 32.2. The minimum absolute atomic E-state index is 0.0630.